The van der Waals surface area contributed by atoms with Crippen molar-refractivity contribution in [2.75, 3.05) is 6.61 Å². The largest absolute Gasteiger partial charge is 0.462 e. The number of ether oxygens (including phenoxy) is 1. The molecule has 0 radical (unpaired) electrons. The lowest BCUT2D eigenvalue weighted by Gasteiger charge is -2.15. The minimum atomic E-state index is -0.729. The Balaban J connectivity index is 2.11. The minimum Gasteiger partial charge on any atom is -0.462 e. The summed E-state index contributed by atoms with van der Waals surface area (Å²) in [5, 5.41) is 0.194. The molecule has 0 unspecified atom stereocenters. The van der Waals surface area contributed by atoms with Gasteiger partial charge in [-0.2, -0.15) is 4.99 Å². The average Bonchev–Trinajstić information content (AvgIpc) is 2.83. The highest BCUT2D eigenvalue weighted by atomic mass is 19.1. The van der Waals surface area contributed by atoms with Crippen LogP contribution in [-0.4, -0.2) is 32.4 Å². The molecule has 0 saturated heterocycles. The number of carbonyl (C=O) groups excluding carboxylic acids is 2. The number of pyridine rings is 2. The van der Waals surface area contributed by atoms with Gasteiger partial charge in [0.15, 0.2) is 5.49 Å². The molecule has 3 aromatic heterocycles. The first-order valence-electron chi connectivity index (χ1n) is 11.0. The lowest BCUT2D eigenvalue weighted by Crippen LogP contribution is -2.33. The normalized spacial score (nSPS) is 11.8. The Kier molecular flexibility index (Phi) is 6.62. The van der Waals surface area contributed by atoms with Gasteiger partial charge in [0, 0.05) is 18.3 Å². The van der Waals surface area contributed by atoms with Gasteiger partial charge in [0.05, 0.1) is 12.0 Å². The van der Waals surface area contributed by atoms with Crippen LogP contribution in [0.5, 0.6) is 0 Å². The van der Waals surface area contributed by atoms with E-state index in [0.29, 0.717) is 24.3 Å². The molecule has 0 fully saturated rings. The number of halogens is 1. The summed E-state index contributed by atoms with van der Waals surface area (Å²) >= 11 is 0. The minimum absolute atomic E-state index is 0.0147. The summed E-state index contributed by atoms with van der Waals surface area (Å²) in [6, 6.07) is 11.7. The number of esters is 1. The first-order chi connectivity index (χ1) is 16.4. The molecule has 0 aliphatic heterocycles. The van der Waals surface area contributed by atoms with E-state index in [4.69, 9.17) is 4.74 Å². The molecule has 0 atom stereocenters. The third-order valence-electron chi connectivity index (χ3n) is 5.30. The summed E-state index contributed by atoms with van der Waals surface area (Å²) < 4.78 is 21.9. The van der Waals surface area contributed by atoms with Crippen LogP contribution in [0.3, 0.4) is 0 Å². The van der Waals surface area contributed by atoms with Crippen molar-refractivity contribution in [3.05, 3.63) is 87.5 Å². The fourth-order valence-electron chi connectivity index (χ4n) is 3.67. The highest BCUT2D eigenvalue weighted by molar-refractivity contribution is 5.97. The van der Waals surface area contributed by atoms with Crippen LogP contribution in [-0.2, 0) is 11.3 Å². The Morgan fingerprint density at radius 3 is 2.68 bits per heavy atom. The number of fused-ring (bicyclic) bond motifs is 2. The van der Waals surface area contributed by atoms with Gasteiger partial charge in [-0.3, -0.25) is 14.0 Å². The van der Waals surface area contributed by atoms with E-state index in [0.717, 1.165) is 12.5 Å². The van der Waals surface area contributed by atoms with Gasteiger partial charge < -0.3 is 9.30 Å². The predicted octanol–water partition coefficient (Wildman–Crippen LogP) is 3.51. The first kappa shape index (κ1) is 23.0. The number of hydrogen-bond acceptors (Lipinski definition) is 5. The molecule has 174 valence electrons. The number of unbranched alkanes of at least 4 members (excludes halogenated alkanes) is 1. The number of amides is 1. The molecule has 3 heterocycles. The smallest absolute Gasteiger partial charge is 0.341 e. The molecule has 1 aromatic carbocycles. The highest BCUT2D eigenvalue weighted by Crippen LogP contribution is 2.13. The monoisotopic (exact) mass is 462 g/mol. The van der Waals surface area contributed by atoms with E-state index in [2.05, 4.69) is 9.98 Å². The van der Waals surface area contributed by atoms with Gasteiger partial charge >= 0.3 is 5.97 Å². The van der Waals surface area contributed by atoms with Crippen LogP contribution in [0.15, 0.2) is 64.5 Å². The summed E-state index contributed by atoms with van der Waals surface area (Å²) in [6.45, 7) is 4.09. The van der Waals surface area contributed by atoms with E-state index in [-0.39, 0.29) is 34.2 Å². The number of carbonyl (C=O) groups is 2. The first-order valence-corrected chi connectivity index (χ1v) is 11.0. The lowest BCUT2D eigenvalue weighted by atomic mass is 10.2. The Bertz CT molecular complexity index is 1540. The van der Waals surface area contributed by atoms with Gasteiger partial charge in [0.2, 0.25) is 0 Å². The Morgan fingerprint density at radius 1 is 1.12 bits per heavy atom. The van der Waals surface area contributed by atoms with Gasteiger partial charge in [0.1, 0.15) is 22.7 Å². The zero-order valence-corrected chi connectivity index (χ0v) is 18.8. The van der Waals surface area contributed by atoms with Crippen molar-refractivity contribution in [2.24, 2.45) is 4.99 Å². The number of benzene rings is 1. The number of aromatic nitrogens is 3. The number of nitrogens with zero attached hydrogens (tertiary/aromatic N) is 4. The van der Waals surface area contributed by atoms with E-state index in [1.165, 1.54) is 28.7 Å². The molecular weight excluding hydrogens is 439 g/mol. The van der Waals surface area contributed by atoms with Crippen molar-refractivity contribution in [2.45, 2.75) is 33.2 Å². The molecule has 34 heavy (non-hydrogen) atoms. The third-order valence-corrected chi connectivity index (χ3v) is 5.30. The van der Waals surface area contributed by atoms with E-state index < -0.39 is 17.7 Å². The average molecular weight is 462 g/mol. The second kappa shape index (κ2) is 9.78. The molecule has 8 nitrogen and oxygen atoms in total. The second-order valence-corrected chi connectivity index (χ2v) is 7.62. The van der Waals surface area contributed by atoms with Crippen LogP contribution in [0.25, 0.3) is 16.7 Å². The van der Waals surface area contributed by atoms with Crippen LogP contribution in [0.1, 0.15) is 47.4 Å². The summed E-state index contributed by atoms with van der Waals surface area (Å²) in [7, 11) is 0. The quantitative estimate of drug-likeness (QED) is 0.323. The van der Waals surface area contributed by atoms with E-state index >= 15 is 0 Å². The molecule has 0 N–H and O–H groups in total. The van der Waals surface area contributed by atoms with Crippen molar-refractivity contribution in [1.82, 2.24) is 14.0 Å². The molecule has 0 bridgehead atoms. The van der Waals surface area contributed by atoms with Crippen molar-refractivity contribution in [3.63, 3.8) is 0 Å². The van der Waals surface area contributed by atoms with E-state index in [1.807, 2.05) is 6.92 Å². The Labute approximate surface area is 194 Å². The molecule has 1 amide bonds. The fourth-order valence-corrected chi connectivity index (χ4v) is 3.67. The fraction of sp³-hybridized carbons (Fsp3) is 0.240. The van der Waals surface area contributed by atoms with Gasteiger partial charge in [-0.1, -0.05) is 25.5 Å². The maximum atomic E-state index is 13.7. The van der Waals surface area contributed by atoms with Gasteiger partial charge in [-0.25, -0.2) is 14.2 Å². The Hall–Kier alpha value is -4.14. The summed E-state index contributed by atoms with van der Waals surface area (Å²) in [5.41, 5.74) is 0.355. The van der Waals surface area contributed by atoms with Crippen LogP contribution in [0.2, 0.25) is 0 Å². The molecular formula is C25H23FN4O4. The SMILES string of the molecule is CCCCn1c(=NC(=O)c2cccc(F)c2)c(C(=O)OCC)cc2c(=O)n3ccccc3nc21. The zero-order chi connectivity index (χ0) is 24.2. The topological polar surface area (TPSA) is 95.0 Å². The van der Waals surface area contributed by atoms with Crippen LogP contribution in [0.4, 0.5) is 4.39 Å². The summed E-state index contributed by atoms with van der Waals surface area (Å²) in [4.78, 5) is 47.9. The van der Waals surface area contributed by atoms with E-state index in [1.54, 1.807) is 35.9 Å². The van der Waals surface area contributed by atoms with Crippen molar-refractivity contribution < 1.29 is 18.7 Å². The van der Waals surface area contributed by atoms with Crippen LogP contribution in [0, 0.1) is 5.82 Å². The van der Waals surface area contributed by atoms with E-state index in [9.17, 15) is 18.8 Å². The van der Waals surface area contributed by atoms with Gasteiger partial charge in [-0.05, 0) is 49.7 Å². The summed E-state index contributed by atoms with van der Waals surface area (Å²) in [6.07, 6.45) is 3.08. The number of hydrogen-bond donors (Lipinski definition) is 0. The molecule has 0 saturated carbocycles. The second-order valence-electron chi connectivity index (χ2n) is 7.62. The van der Waals surface area contributed by atoms with Crippen LogP contribution >= 0.6 is 0 Å². The maximum absolute atomic E-state index is 13.7. The van der Waals surface area contributed by atoms with Crippen LogP contribution < -0.4 is 11.0 Å². The molecule has 4 rings (SSSR count). The molecule has 0 spiro atoms. The molecule has 9 heteroatoms. The zero-order valence-electron chi connectivity index (χ0n) is 18.8. The summed E-state index contributed by atoms with van der Waals surface area (Å²) in [5.74, 6) is -2.03. The van der Waals surface area contributed by atoms with Crippen molar-refractivity contribution in [1.29, 1.82) is 0 Å². The third kappa shape index (κ3) is 4.36. The maximum Gasteiger partial charge on any atom is 0.341 e. The molecule has 0 aliphatic carbocycles. The lowest BCUT2D eigenvalue weighted by molar-refractivity contribution is 0.0523. The molecule has 4 aromatic rings. The molecule has 0 aliphatic rings. The van der Waals surface area contributed by atoms with Gasteiger partial charge in [-0.15, -0.1) is 0 Å². The number of rotatable bonds is 6. The van der Waals surface area contributed by atoms with Crippen molar-refractivity contribution in [3.8, 4) is 0 Å². The number of aryl methyl sites for hydroxylation is 1. The Morgan fingerprint density at radius 2 is 1.94 bits per heavy atom. The van der Waals surface area contributed by atoms with Gasteiger partial charge in [0.25, 0.3) is 11.5 Å². The van der Waals surface area contributed by atoms with Crippen molar-refractivity contribution >= 4 is 28.6 Å². The standard InChI is InChI=1S/C25H23FN4O4/c1-3-5-12-30-21-18(24(32)29-13-7-6-11-20(29)27-21)15-19(25(33)34-4-2)22(30)28-23(31)16-9-8-10-17(26)14-16/h6-11,13-15H,3-5,12H2,1-2H3. The highest BCUT2D eigenvalue weighted by Gasteiger charge is 2.20. The predicted molar refractivity (Wildman–Crippen MR) is 124 cm³/mol.